The maximum atomic E-state index is 14.2. The van der Waals surface area contributed by atoms with E-state index in [2.05, 4.69) is 33.2 Å². The van der Waals surface area contributed by atoms with Crippen LogP contribution in [0.2, 0.25) is 5.02 Å². The summed E-state index contributed by atoms with van der Waals surface area (Å²) in [5, 5.41) is 16.7. The second-order valence-electron chi connectivity index (χ2n) is 10.5. The van der Waals surface area contributed by atoms with Crippen molar-refractivity contribution < 1.29 is 4.39 Å². The quantitative estimate of drug-likeness (QED) is 0.277. The number of thioether (sulfide) groups is 1. The van der Waals surface area contributed by atoms with E-state index in [0.717, 1.165) is 74.7 Å². The summed E-state index contributed by atoms with van der Waals surface area (Å²) in [6.45, 7) is 9.97. The number of aromatic nitrogens is 1. The van der Waals surface area contributed by atoms with Crippen molar-refractivity contribution in [2.24, 2.45) is 10.9 Å². The number of amidine groups is 1. The molecule has 2 N–H and O–H groups in total. The van der Waals surface area contributed by atoms with Crippen LogP contribution in [0.1, 0.15) is 58.9 Å². The lowest BCUT2D eigenvalue weighted by Crippen LogP contribution is -2.52. The molecule has 2 fully saturated rings. The van der Waals surface area contributed by atoms with Gasteiger partial charge in [-0.25, -0.2) is 4.39 Å². The molecule has 0 amide bonds. The Morgan fingerprint density at radius 2 is 1.77 bits per heavy atom. The molecular weight excluding hydrogens is 531 g/mol. The second kappa shape index (κ2) is 15.0. The number of fused-ring (bicyclic) bond motifs is 1. The Balaban J connectivity index is 0.000000459. The van der Waals surface area contributed by atoms with Crippen LogP contribution in [0.4, 0.5) is 4.39 Å². The SMILES string of the molecule is CCC(C)C(=N)SC.CN=C(/C=C\C(C)=N)N1CCN(C2CCC(n3cc(Cl)c4c(F)cccc43)CC2)CC1. The molecule has 1 saturated carbocycles. The lowest BCUT2D eigenvalue weighted by Gasteiger charge is -2.42. The molecule has 0 bridgehead atoms. The highest BCUT2D eigenvalue weighted by Gasteiger charge is 2.30. The summed E-state index contributed by atoms with van der Waals surface area (Å²) < 4.78 is 16.4. The van der Waals surface area contributed by atoms with Crippen LogP contribution in [0, 0.1) is 22.6 Å². The summed E-state index contributed by atoms with van der Waals surface area (Å²) in [4.78, 5) is 9.32. The maximum absolute atomic E-state index is 14.2. The third-order valence-electron chi connectivity index (χ3n) is 7.97. The van der Waals surface area contributed by atoms with Crippen LogP contribution in [0.5, 0.6) is 0 Å². The normalized spacial score (nSPS) is 21.6. The minimum absolute atomic E-state index is 0.242. The van der Waals surface area contributed by atoms with Crippen molar-refractivity contribution in [2.45, 2.75) is 65.0 Å². The lowest BCUT2D eigenvalue weighted by molar-refractivity contribution is 0.0970. The van der Waals surface area contributed by atoms with E-state index in [0.29, 0.717) is 34.1 Å². The van der Waals surface area contributed by atoms with Gasteiger partial charge in [0.1, 0.15) is 11.7 Å². The van der Waals surface area contributed by atoms with Gasteiger partial charge in [-0.2, -0.15) is 0 Å². The number of piperazine rings is 1. The van der Waals surface area contributed by atoms with Gasteiger partial charge in [0.15, 0.2) is 0 Å². The number of aliphatic imine (C=N–C) groups is 1. The fourth-order valence-electron chi connectivity index (χ4n) is 5.45. The molecule has 1 saturated heterocycles. The molecule has 9 heteroatoms. The van der Waals surface area contributed by atoms with Crippen LogP contribution in [-0.4, -0.2) is 76.5 Å². The first-order valence-electron chi connectivity index (χ1n) is 14.0. The summed E-state index contributed by atoms with van der Waals surface area (Å²) in [6.07, 6.45) is 13.2. The lowest BCUT2D eigenvalue weighted by atomic mass is 9.89. The van der Waals surface area contributed by atoms with E-state index in [1.54, 1.807) is 30.8 Å². The Morgan fingerprint density at radius 1 is 1.13 bits per heavy atom. The van der Waals surface area contributed by atoms with E-state index in [9.17, 15) is 4.39 Å². The molecule has 39 heavy (non-hydrogen) atoms. The first kappa shape index (κ1) is 31.4. The molecule has 1 aliphatic carbocycles. The minimum atomic E-state index is -0.242. The molecule has 2 aromatic rings. The van der Waals surface area contributed by atoms with Gasteiger partial charge >= 0.3 is 0 Å². The van der Waals surface area contributed by atoms with Crippen LogP contribution in [-0.2, 0) is 0 Å². The number of hydrogen-bond donors (Lipinski definition) is 2. The van der Waals surface area contributed by atoms with Gasteiger partial charge in [0.2, 0.25) is 0 Å². The van der Waals surface area contributed by atoms with Gasteiger partial charge in [-0.1, -0.05) is 31.5 Å². The molecule has 1 aromatic heterocycles. The Kier molecular flexibility index (Phi) is 12.1. The van der Waals surface area contributed by atoms with Gasteiger partial charge in [-0.3, -0.25) is 15.3 Å². The zero-order chi connectivity index (χ0) is 28.5. The molecule has 0 radical (unpaired) electrons. The summed E-state index contributed by atoms with van der Waals surface area (Å²) >= 11 is 7.88. The highest BCUT2D eigenvalue weighted by molar-refractivity contribution is 8.13. The van der Waals surface area contributed by atoms with Crippen LogP contribution in [0.15, 0.2) is 41.5 Å². The van der Waals surface area contributed by atoms with Gasteiger partial charge in [0.05, 0.1) is 21.0 Å². The molecule has 1 aromatic carbocycles. The van der Waals surface area contributed by atoms with Crippen LogP contribution >= 0.6 is 23.4 Å². The van der Waals surface area contributed by atoms with Gasteiger partial charge in [-0.05, 0) is 69.6 Å². The monoisotopic (exact) mass is 574 g/mol. The predicted octanol–water partition coefficient (Wildman–Crippen LogP) is 7.53. The van der Waals surface area contributed by atoms with E-state index < -0.39 is 0 Å². The number of benzene rings is 1. The predicted molar refractivity (Wildman–Crippen MR) is 168 cm³/mol. The van der Waals surface area contributed by atoms with Crippen molar-refractivity contribution in [1.29, 1.82) is 10.8 Å². The number of halogens is 2. The maximum Gasteiger partial charge on any atom is 0.134 e. The van der Waals surface area contributed by atoms with Crippen LogP contribution in [0.25, 0.3) is 10.9 Å². The van der Waals surface area contributed by atoms with Gasteiger partial charge in [0, 0.05) is 63.1 Å². The Hall–Kier alpha value is -2.16. The molecule has 0 spiro atoms. The zero-order valence-corrected chi connectivity index (χ0v) is 25.6. The molecule has 6 nitrogen and oxygen atoms in total. The number of rotatable bonds is 6. The fraction of sp³-hybridized carbons (Fsp3) is 0.567. The third-order valence-corrected chi connectivity index (χ3v) is 9.10. The number of nitrogens with zero attached hydrogens (tertiary/aromatic N) is 4. The fourth-order valence-corrected chi connectivity index (χ4v) is 6.31. The first-order valence-corrected chi connectivity index (χ1v) is 15.6. The minimum Gasteiger partial charge on any atom is -0.354 e. The standard InChI is InChI=1S/C24H31ClFN5.C6H13NS/c1-17(27)6-11-23(28-2)30-14-12-29(13-15-30)18-7-9-19(10-8-18)31-16-20(25)24-21(26)4-3-5-22(24)31;1-4-5(2)6(7)8-3/h3-6,11,16,18-19,27H,7-10,12-15H2,1-2H3;5,7H,4H2,1-3H3/b11-6-,27-17?,28-23?;. The van der Waals surface area contributed by atoms with Crippen molar-refractivity contribution in [2.75, 3.05) is 39.5 Å². The van der Waals surface area contributed by atoms with E-state index in [1.165, 1.54) is 6.07 Å². The van der Waals surface area contributed by atoms with Crippen LogP contribution in [0.3, 0.4) is 0 Å². The van der Waals surface area contributed by atoms with Crippen molar-refractivity contribution >= 4 is 50.9 Å². The molecule has 1 aliphatic heterocycles. The molecule has 1 unspecified atom stereocenters. The Labute approximate surface area is 242 Å². The molecular formula is C30H44ClFN6S. The third kappa shape index (κ3) is 8.18. The Morgan fingerprint density at radius 3 is 2.31 bits per heavy atom. The summed E-state index contributed by atoms with van der Waals surface area (Å²) in [5.74, 6) is 1.18. The number of nitrogens with one attached hydrogen (secondary N) is 2. The Bertz CT molecular complexity index is 1180. The largest absolute Gasteiger partial charge is 0.354 e. The van der Waals surface area contributed by atoms with Crippen molar-refractivity contribution in [1.82, 2.24) is 14.4 Å². The summed E-state index contributed by atoms with van der Waals surface area (Å²) in [6, 6.07) is 6.20. The van der Waals surface area contributed by atoms with Gasteiger partial charge in [0.25, 0.3) is 0 Å². The number of hydrogen-bond acceptors (Lipinski definition) is 5. The molecule has 214 valence electrons. The summed E-state index contributed by atoms with van der Waals surface area (Å²) in [7, 11) is 1.82. The zero-order valence-electron chi connectivity index (χ0n) is 24.0. The van der Waals surface area contributed by atoms with Crippen molar-refractivity contribution in [3.63, 3.8) is 0 Å². The first-order chi connectivity index (χ1) is 18.7. The molecule has 1 atom stereocenters. The average molecular weight is 575 g/mol. The molecule has 2 heterocycles. The van der Waals surface area contributed by atoms with E-state index >= 15 is 0 Å². The smallest absolute Gasteiger partial charge is 0.134 e. The highest BCUT2D eigenvalue weighted by atomic mass is 35.5. The highest BCUT2D eigenvalue weighted by Crippen LogP contribution is 2.37. The van der Waals surface area contributed by atoms with E-state index in [1.807, 2.05) is 31.6 Å². The van der Waals surface area contributed by atoms with E-state index in [4.69, 9.17) is 22.4 Å². The average Bonchev–Trinajstić information content (AvgIpc) is 3.30. The van der Waals surface area contributed by atoms with Crippen molar-refractivity contribution in [3.8, 4) is 0 Å². The molecule has 2 aliphatic rings. The molecule has 4 rings (SSSR count). The topological polar surface area (TPSA) is 71.5 Å². The van der Waals surface area contributed by atoms with Crippen LogP contribution < -0.4 is 0 Å². The van der Waals surface area contributed by atoms with Gasteiger partial charge < -0.3 is 14.9 Å². The second-order valence-corrected chi connectivity index (χ2v) is 11.7. The van der Waals surface area contributed by atoms with Gasteiger partial charge in [-0.15, -0.1) is 11.8 Å². The van der Waals surface area contributed by atoms with E-state index in [-0.39, 0.29) is 5.82 Å². The van der Waals surface area contributed by atoms with Crippen molar-refractivity contribution in [3.05, 3.63) is 47.4 Å². The summed E-state index contributed by atoms with van der Waals surface area (Å²) in [5.41, 5.74) is 1.44. The number of allylic oxidation sites excluding steroid dienone is 1.